The first kappa shape index (κ1) is 12.2. The Morgan fingerprint density at radius 2 is 1.88 bits per heavy atom. The largest absolute Gasteiger partial charge is 0.0993 e. The molecule has 2 saturated carbocycles. The predicted molar refractivity (Wildman–Crippen MR) is 71.2 cm³/mol. The first-order valence-corrected chi connectivity index (χ1v) is 7.24. The van der Waals surface area contributed by atoms with E-state index < -0.39 is 0 Å². The summed E-state index contributed by atoms with van der Waals surface area (Å²) in [5, 5.41) is 0. The summed E-state index contributed by atoms with van der Waals surface area (Å²) in [5.74, 6) is 5.66. The molecule has 2 rings (SSSR count). The smallest absolute Gasteiger partial charge is 0.0169 e. The second kappa shape index (κ2) is 4.55. The molecule has 0 bridgehead atoms. The SMILES string of the molecule is C=C(C(C)C)C1CC1C(C)C1CC1CCC. The Kier molecular flexibility index (Phi) is 3.47. The minimum atomic E-state index is 0.688. The summed E-state index contributed by atoms with van der Waals surface area (Å²) in [6, 6.07) is 0. The van der Waals surface area contributed by atoms with Crippen LogP contribution in [0.3, 0.4) is 0 Å². The van der Waals surface area contributed by atoms with Crippen LogP contribution in [0.5, 0.6) is 0 Å². The molecular formula is C16H28. The zero-order valence-electron chi connectivity index (χ0n) is 11.5. The van der Waals surface area contributed by atoms with Crippen LogP contribution in [0, 0.1) is 35.5 Å². The van der Waals surface area contributed by atoms with Gasteiger partial charge >= 0.3 is 0 Å². The maximum atomic E-state index is 4.28. The average molecular weight is 220 g/mol. The van der Waals surface area contributed by atoms with Crippen molar-refractivity contribution in [1.29, 1.82) is 0 Å². The lowest BCUT2D eigenvalue weighted by molar-refractivity contribution is 0.396. The number of allylic oxidation sites excluding steroid dienone is 1. The third-order valence-electron chi connectivity index (χ3n) is 5.05. The van der Waals surface area contributed by atoms with E-state index in [4.69, 9.17) is 0 Å². The van der Waals surface area contributed by atoms with Crippen LogP contribution in [0.4, 0.5) is 0 Å². The molecule has 0 aliphatic heterocycles. The van der Waals surface area contributed by atoms with Crippen LogP contribution in [0.1, 0.15) is 53.4 Å². The highest BCUT2D eigenvalue weighted by atomic mass is 14.6. The highest BCUT2D eigenvalue weighted by molar-refractivity contribution is 5.15. The third kappa shape index (κ3) is 2.36. The molecule has 0 aromatic carbocycles. The first-order chi connectivity index (χ1) is 7.56. The van der Waals surface area contributed by atoms with E-state index in [9.17, 15) is 0 Å². The second-order valence-electron chi connectivity index (χ2n) is 6.54. The molecule has 0 spiro atoms. The van der Waals surface area contributed by atoms with Gasteiger partial charge in [-0.25, -0.2) is 0 Å². The van der Waals surface area contributed by atoms with Crippen molar-refractivity contribution in [3.63, 3.8) is 0 Å². The Morgan fingerprint density at radius 3 is 2.44 bits per heavy atom. The number of rotatable bonds is 6. The fourth-order valence-corrected chi connectivity index (χ4v) is 3.59. The zero-order chi connectivity index (χ0) is 11.9. The van der Waals surface area contributed by atoms with Crippen molar-refractivity contribution in [2.24, 2.45) is 35.5 Å². The van der Waals surface area contributed by atoms with Crippen molar-refractivity contribution < 1.29 is 0 Å². The highest BCUT2D eigenvalue weighted by Gasteiger charge is 2.51. The molecule has 92 valence electrons. The summed E-state index contributed by atoms with van der Waals surface area (Å²) in [6.45, 7) is 13.7. The average Bonchev–Trinajstić information content (AvgIpc) is 3.10. The van der Waals surface area contributed by atoms with Gasteiger partial charge in [-0.1, -0.05) is 52.7 Å². The van der Waals surface area contributed by atoms with E-state index in [1.54, 1.807) is 0 Å². The number of hydrogen-bond acceptors (Lipinski definition) is 0. The van der Waals surface area contributed by atoms with E-state index in [0.717, 1.165) is 29.6 Å². The molecule has 0 saturated heterocycles. The molecule has 0 heterocycles. The van der Waals surface area contributed by atoms with Crippen molar-refractivity contribution >= 4 is 0 Å². The topological polar surface area (TPSA) is 0 Å². The van der Waals surface area contributed by atoms with Crippen molar-refractivity contribution in [2.75, 3.05) is 0 Å². The number of hydrogen-bond donors (Lipinski definition) is 0. The molecule has 0 aromatic heterocycles. The van der Waals surface area contributed by atoms with Gasteiger partial charge in [0.05, 0.1) is 0 Å². The summed E-state index contributed by atoms with van der Waals surface area (Å²) in [6.07, 6.45) is 5.80. The lowest BCUT2D eigenvalue weighted by atomic mass is 9.92. The maximum absolute atomic E-state index is 4.28. The maximum Gasteiger partial charge on any atom is -0.0169 e. The molecule has 2 aliphatic rings. The van der Waals surface area contributed by atoms with Crippen LogP contribution in [0.15, 0.2) is 12.2 Å². The van der Waals surface area contributed by atoms with Gasteiger partial charge in [0.15, 0.2) is 0 Å². The Hall–Kier alpha value is -0.260. The molecule has 0 radical (unpaired) electrons. The molecule has 0 N–H and O–H groups in total. The highest BCUT2D eigenvalue weighted by Crippen LogP contribution is 2.59. The molecule has 0 heteroatoms. The van der Waals surface area contributed by atoms with E-state index in [0.29, 0.717) is 5.92 Å². The molecule has 16 heavy (non-hydrogen) atoms. The predicted octanol–water partition coefficient (Wildman–Crippen LogP) is 4.91. The second-order valence-corrected chi connectivity index (χ2v) is 6.54. The molecule has 2 fully saturated rings. The van der Waals surface area contributed by atoms with Crippen molar-refractivity contribution in [1.82, 2.24) is 0 Å². The van der Waals surface area contributed by atoms with Gasteiger partial charge in [-0.15, -0.1) is 0 Å². The van der Waals surface area contributed by atoms with Gasteiger partial charge in [0.25, 0.3) is 0 Å². The van der Waals surface area contributed by atoms with Gasteiger partial charge in [-0.05, 0) is 48.3 Å². The summed E-state index contributed by atoms with van der Waals surface area (Å²) < 4.78 is 0. The molecule has 0 aromatic rings. The van der Waals surface area contributed by atoms with Crippen LogP contribution >= 0.6 is 0 Å². The van der Waals surface area contributed by atoms with E-state index in [1.165, 1.54) is 31.3 Å². The Bertz CT molecular complexity index is 263. The van der Waals surface area contributed by atoms with Gasteiger partial charge < -0.3 is 0 Å². The Balaban J connectivity index is 1.77. The van der Waals surface area contributed by atoms with Crippen LogP contribution in [-0.2, 0) is 0 Å². The molecule has 5 atom stereocenters. The Morgan fingerprint density at radius 1 is 1.19 bits per heavy atom. The fourth-order valence-electron chi connectivity index (χ4n) is 3.59. The molecule has 0 amide bonds. The molecule has 5 unspecified atom stereocenters. The van der Waals surface area contributed by atoms with E-state index >= 15 is 0 Å². The van der Waals surface area contributed by atoms with Crippen LogP contribution in [0.25, 0.3) is 0 Å². The van der Waals surface area contributed by atoms with Crippen LogP contribution < -0.4 is 0 Å². The quantitative estimate of drug-likeness (QED) is 0.558. The summed E-state index contributed by atoms with van der Waals surface area (Å²) in [4.78, 5) is 0. The van der Waals surface area contributed by atoms with Crippen LogP contribution in [0.2, 0.25) is 0 Å². The lowest BCUT2D eigenvalue weighted by Gasteiger charge is -2.13. The summed E-state index contributed by atoms with van der Waals surface area (Å²) in [7, 11) is 0. The zero-order valence-corrected chi connectivity index (χ0v) is 11.5. The first-order valence-electron chi connectivity index (χ1n) is 7.24. The minimum absolute atomic E-state index is 0.688. The lowest BCUT2D eigenvalue weighted by Crippen LogP contribution is -2.06. The monoisotopic (exact) mass is 220 g/mol. The van der Waals surface area contributed by atoms with E-state index in [1.807, 2.05) is 0 Å². The summed E-state index contributed by atoms with van der Waals surface area (Å²) >= 11 is 0. The Labute approximate surface area is 102 Å². The molecular weight excluding hydrogens is 192 g/mol. The van der Waals surface area contributed by atoms with Gasteiger partial charge in [0.2, 0.25) is 0 Å². The molecule has 2 aliphatic carbocycles. The molecule has 0 nitrogen and oxygen atoms in total. The van der Waals surface area contributed by atoms with E-state index in [-0.39, 0.29) is 0 Å². The van der Waals surface area contributed by atoms with Gasteiger partial charge in [0.1, 0.15) is 0 Å². The standard InChI is InChI=1S/C16H28/c1-6-7-13-8-14(13)12(5)16-9-15(16)11(4)10(2)3/h10,12-16H,4,6-9H2,1-3,5H3. The normalized spacial score (nSPS) is 38.6. The third-order valence-corrected chi connectivity index (χ3v) is 5.05. The summed E-state index contributed by atoms with van der Waals surface area (Å²) in [5.41, 5.74) is 1.52. The van der Waals surface area contributed by atoms with Gasteiger partial charge in [-0.2, -0.15) is 0 Å². The van der Waals surface area contributed by atoms with E-state index in [2.05, 4.69) is 34.3 Å². The van der Waals surface area contributed by atoms with Gasteiger partial charge in [0, 0.05) is 0 Å². The van der Waals surface area contributed by atoms with Crippen molar-refractivity contribution in [3.05, 3.63) is 12.2 Å². The fraction of sp³-hybridized carbons (Fsp3) is 0.875. The van der Waals surface area contributed by atoms with Crippen LogP contribution in [-0.4, -0.2) is 0 Å². The van der Waals surface area contributed by atoms with Gasteiger partial charge in [-0.3, -0.25) is 0 Å². The minimum Gasteiger partial charge on any atom is -0.0993 e. The van der Waals surface area contributed by atoms with Crippen molar-refractivity contribution in [3.8, 4) is 0 Å². The van der Waals surface area contributed by atoms with Crippen molar-refractivity contribution in [2.45, 2.75) is 53.4 Å².